The summed E-state index contributed by atoms with van der Waals surface area (Å²) in [5.74, 6) is -0.682. The number of carboxylic acids is 1. The highest BCUT2D eigenvalue weighted by molar-refractivity contribution is 7.12. The Balaban J connectivity index is 2.14. The minimum Gasteiger partial charge on any atom is -0.488 e. The number of aromatic carboxylic acids is 1. The summed E-state index contributed by atoms with van der Waals surface area (Å²) in [4.78, 5) is 21.2. The van der Waals surface area contributed by atoms with Crippen LogP contribution in [0.5, 0.6) is 5.75 Å². The van der Waals surface area contributed by atoms with Gasteiger partial charge in [0.2, 0.25) is 0 Å². The molecule has 0 radical (unpaired) electrons. The molecule has 0 saturated carbocycles. The molecule has 0 fully saturated rings. The monoisotopic (exact) mass is 313 g/mol. The van der Waals surface area contributed by atoms with Crippen molar-refractivity contribution in [3.8, 4) is 5.75 Å². The van der Waals surface area contributed by atoms with E-state index in [2.05, 4.69) is 0 Å². The van der Waals surface area contributed by atoms with E-state index < -0.39 is 10.9 Å². The number of ether oxygens (including phenoxy) is 1. The van der Waals surface area contributed by atoms with Crippen molar-refractivity contribution in [2.45, 2.75) is 6.61 Å². The van der Waals surface area contributed by atoms with E-state index in [0.29, 0.717) is 11.3 Å². The highest BCUT2D eigenvalue weighted by Crippen LogP contribution is 2.26. The van der Waals surface area contributed by atoms with E-state index in [9.17, 15) is 14.9 Å². The zero-order valence-corrected chi connectivity index (χ0v) is 11.5. The highest BCUT2D eigenvalue weighted by atomic mass is 35.5. The van der Waals surface area contributed by atoms with Gasteiger partial charge in [0.1, 0.15) is 17.2 Å². The quantitative estimate of drug-likeness (QED) is 0.673. The molecule has 0 aliphatic heterocycles. The van der Waals surface area contributed by atoms with Gasteiger partial charge in [-0.1, -0.05) is 11.6 Å². The molecule has 0 saturated heterocycles. The molecule has 0 atom stereocenters. The van der Waals surface area contributed by atoms with Crippen LogP contribution in [0.25, 0.3) is 0 Å². The fourth-order valence-corrected chi connectivity index (χ4v) is 2.33. The van der Waals surface area contributed by atoms with Crippen LogP contribution in [0.1, 0.15) is 15.2 Å². The predicted octanol–water partition coefficient (Wildman–Crippen LogP) is 3.59. The Hall–Kier alpha value is -2.12. The number of nitrogens with zero attached hydrogens (tertiary/aromatic N) is 1. The fraction of sp³-hybridized carbons (Fsp3) is 0.0833. The minimum atomic E-state index is -1.04. The van der Waals surface area contributed by atoms with Gasteiger partial charge in [-0.15, -0.1) is 11.3 Å². The molecular formula is C12H8ClNO5S. The van der Waals surface area contributed by atoms with E-state index in [0.717, 1.165) is 11.3 Å². The van der Waals surface area contributed by atoms with Crippen molar-refractivity contribution in [1.29, 1.82) is 0 Å². The van der Waals surface area contributed by atoms with Crippen molar-refractivity contribution in [1.82, 2.24) is 0 Å². The lowest BCUT2D eigenvalue weighted by Crippen LogP contribution is -2.00. The maximum Gasteiger partial charge on any atom is 0.346 e. The number of rotatable bonds is 5. The average Bonchev–Trinajstić information content (AvgIpc) is 2.86. The average molecular weight is 314 g/mol. The first-order chi connectivity index (χ1) is 9.47. The molecule has 0 aliphatic carbocycles. The van der Waals surface area contributed by atoms with Crippen LogP contribution >= 0.6 is 22.9 Å². The Morgan fingerprint density at radius 1 is 1.45 bits per heavy atom. The number of thiophene rings is 1. The van der Waals surface area contributed by atoms with E-state index >= 15 is 0 Å². The van der Waals surface area contributed by atoms with Crippen LogP contribution in [-0.2, 0) is 6.61 Å². The van der Waals surface area contributed by atoms with E-state index in [1.165, 1.54) is 29.6 Å². The molecule has 2 rings (SSSR count). The smallest absolute Gasteiger partial charge is 0.346 e. The molecule has 6 nitrogen and oxygen atoms in total. The van der Waals surface area contributed by atoms with Crippen molar-refractivity contribution in [3.05, 3.63) is 55.2 Å². The highest BCUT2D eigenvalue weighted by Gasteiger charge is 2.15. The molecule has 0 aliphatic rings. The summed E-state index contributed by atoms with van der Waals surface area (Å²) in [5, 5.41) is 21.5. The SMILES string of the molecule is O=C(O)c1cc(OCc2ccc(Cl)cc2[N+](=O)[O-])cs1. The molecule has 2 aromatic rings. The van der Waals surface area contributed by atoms with Gasteiger partial charge in [0, 0.05) is 22.5 Å². The van der Waals surface area contributed by atoms with Crippen LogP contribution in [0, 0.1) is 10.1 Å². The first-order valence-corrected chi connectivity index (χ1v) is 6.60. The second-order valence-electron chi connectivity index (χ2n) is 3.77. The van der Waals surface area contributed by atoms with Crippen molar-refractivity contribution in [2.24, 2.45) is 0 Å². The minimum absolute atomic E-state index is 0.0384. The van der Waals surface area contributed by atoms with Gasteiger partial charge >= 0.3 is 5.97 Å². The lowest BCUT2D eigenvalue weighted by atomic mass is 10.2. The van der Waals surface area contributed by atoms with Crippen LogP contribution in [0.15, 0.2) is 29.6 Å². The molecular weight excluding hydrogens is 306 g/mol. The molecule has 0 unspecified atom stereocenters. The second kappa shape index (κ2) is 5.89. The molecule has 1 heterocycles. The Morgan fingerprint density at radius 2 is 2.20 bits per heavy atom. The number of hydrogen-bond acceptors (Lipinski definition) is 5. The maximum absolute atomic E-state index is 10.9. The summed E-state index contributed by atoms with van der Waals surface area (Å²) in [6.45, 7) is -0.0384. The number of hydrogen-bond donors (Lipinski definition) is 1. The number of carboxylic acid groups (broad SMARTS) is 1. The summed E-state index contributed by atoms with van der Waals surface area (Å²) in [5.41, 5.74) is 0.230. The summed E-state index contributed by atoms with van der Waals surface area (Å²) in [6, 6.07) is 5.65. The molecule has 8 heteroatoms. The number of nitro benzene ring substituents is 1. The summed E-state index contributed by atoms with van der Waals surface area (Å²) in [6.07, 6.45) is 0. The molecule has 1 N–H and O–H groups in total. The fourth-order valence-electron chi connectivity index (χ4n) is 1.50. The third-order valence-electron chi connectivity index (χ3n) is 2.42. The lowest BCUT2D eigenvalue weighted by Gasteiger charge is -2.05. The number of halogens is 1. The topological polar surface area (TPSA) is 89.7 Å². The van der Waals surface area contributed by atoms with Gasteiger partial charge in [0.05, 0.1) is 10.5 Å². The number of nitro groups is 1. The lowest BCUT2D eigenvalue weighted by molar-refractivity contribution is -0.385. The molecule has 1 aromatic carbocycles. The zero-order valence-electron chi connectivity index (χ0n) is 9.91. The zero-order chi connectivity index (χ0) is 14.7. The first kappa shape index (κ1) is 14.3. The van der Waals surface area contributed by atoms with Crippen molar-refractivity contribution >= 4 is 34.6 Å². The van der Waals surface area contributed by atoms with Crippen molar-refractivity contribution in [3.63, 3.8) is 0 Å². The maximum atomic E-state index is 10.9. The summed E-state index contributed by atoms with van der Waals surface area (Å²) >= 11 is 6.73. The van der Waals surface area contributed by atoms with Gasteiger partial charge < -0.3 is 9.84 Å². The van der Waals surface area contributed by atoms with E-state index in [1.807, 2.05) is 0 Å². The summed E-state index contributed by atoms with van der Waals surface area (Å²) in [7, 11) is 0. The Kier molecular flexibility index (Phi) is 4.21. The predicted molar refractivity (Wildman–Crippen MR) is 73.7 cm³/mol. The molecule has 0 bridgehead atoms. The third-order valence-corrected chi connectivity index (χ3v) is 3.56. The Morgan fingerprint density at radius 3 is 2.80 bits per heavy atom. The van der Waals surface area contributed by atoms with Gasteiger partial charge in [0.25, 0.3) is 5.69 Å². The van der Waals surface area contributed by atoms with Gasteiger partial charge in [-0.3, -0.25) is 10.1 Å². The van der Waals surface area contributed by atoms with E-state index in [1.54, 1.807) is 0 Å². The van der Waals surface area contributed by atoms with Crippen LogP contribution in [0.4, 0.5) is 5.69 Å². The first-order valence-electron chi connectivity index (χ1n) is 5.35. The number of carbonyl (C=O) groups is 1. The van der Waals surface area contributed by atoms with E-state index in [4.69, 9.17) is 21.4 Å². The molecule has 104 valence electrons. The molecule has 20 heavy (non-hydrogen) atoms. The van der Waals surface area contributed by atoms with Crippen LogP contribution in [0.2, 0.25) is 5.02 Å². The molecule has 1 aromatic heterocycles. The van der Waals surface area contributed by atoms with Crippen LogP contribution in [0.3, 0.4) is 0 Å². The van der Waals surface area contributed by atoms with Crippen LogP contribution in [-0.4, -0.2) is 16.0 Å². The molecule has 0 amide bonds. The van der Waals surface area contributed by atoms with Crippen molar-refractivity contribution < 1.29 is 19.6 Å². The second-order valence-corrected chi connectivity index (χ2v) is 5.12. The largest absolute Gasteiger partial charge is 0.488 e. The van der Waals surface area contributed by atoms with Gasteiger partial charge in [-0.05, 0) is 12.1 Å². The van der Waals surface area contributed by atoms with E-state index in [-0.39, 0.29) is 22.2 Å². The van der Waals surface area contributed by atoms with Crippen LogP contribution < -0.4 is 4.74 Å². The van der Waals surface area contributed by atoms with Gasteiger partial charge in [0.15, 0.2) is 0 Å². The van der Waals surface area contributed by atoms with Gasteiger partial charge in [-0.2, -0.15) is 0 Å². The standard InChI is InChI=1S/C12H8ClNO5S/c13-8-2-1-7(10(3-8)14(17)18)5-19-9-4-11(12(15)16)20-6-9/h1-4,6H,5H2,(H,15,16). The Bertz CT molecular complexity index is 670. The molecule has 0 spiro atoms. The van der Waals surface area contributed by atoms with Crippen molar-refractivity contribution in [2.75, 3.05) is 0 Å². The van der Waals surface area contributed by atoms with Gasteiger partial charge in [-0.25, -0.2) is 4.79 Å². The third kappa shape index (κ3) is 3.25. The Labute approximate surface area is 122 Å². The number of benzene rings is 1. The normalized spacial score (nSPS) is 10.2. The summed E-state index contributed by atoms with van der Waals surface area (Å²) < 4.78 is 5.35.